The highest BCUT2D eigenvalue weighted by Crippen LogP contribution is 2.23. The molecule has 0 radical (unpaired) electrons. The lowest BCUT2D eigenvalue weighted by atomic mass is 10.0. The molecule has 1 saturated heterocycles. The van der Waals surface area contributed by atoms with Crippen molar-refractivity contribution < 1.29 is 8.42 Å². The fourth-order valence-corrected chi connectivity index (χ4v) is 4.12. The number of sulfonamides is 1. The molecule has 1 aliphatic heterocycles. The molecule has 0 bridgehead atoms. The summed E-state index contributed by atoms with van der Waals surface area (Å²) in [5.74, 6) is 0. The number of hydrogen-bond donors (Lipinski definition) is 1. The lowest BCUT2D eigenvalue weighted by Crippen LogP contribution is -2.32. The molecule has 1 fully saturated rings. The van der Waals surface area contributed by atoms with E-state index in [4.69, 9.17) is 5.73 Å². The van der Waals surface area contributed by atoms with Crippen molar-refractivity contribution in [2.45, 2.75) is 44.0 Å². The zero-order valence-electron chi connectivity index (χ0n) is 11.6. The Bertz CT molecular complexity index is 555. The summed E-state index contributed by atoms with van der Waals surface area (Å²) >= 11 is 0. The molecule has 1 aromatic carbocycles. The van der Waals surface area contributed by atoms with Gasteiger partial charge >= 0.3 is 0 Å². The SMILES string of the molecule is CCc1ccc(S(=O)(=O)N2CC[C@@H](N)C2)cc1CC. The number of nitrogens with zero attached hydrogens (tertiary/aromatic N) is 1. The monoisotopic (exact) mass is 282 g/mol. The lowest BCUT2D eigenvalue weighted by molar-refractivity contribution is 0.472. The predicted molar refractivity (Wildman–Crippen MR) is 76.5 cm³/mol. The van der Waals surface area contributed by atoms with Gasteiger partial charge in [-0.25, -0.2) is 8.42 Å². The minimum Gasteiger partial charge on any atom is -0.326 e. The van der Waals surface area contributed by atoms with Crippen LogP contribution >= 0.6 is 0 Å². The zero-order valence-corrected chi connectivity index (χ0v) is 12.4. The Labute approximate surface area is 115 Å². The van der Waals surface area contributed by atoms with Gasteiger partial charge in [0.15, 0.2) is 0 Å². The molecule has 0 aromatic heterocycles. The van der Waals surface area contributed by atoms with E-state index in [0.29, 0.717) is 18.0 Å². The number of aryl methyl sites for hydroxylation is 2. The van der Waals surface area contributed by atoms with E-state index in [1.807, 2.05) is 12.1 Å². The van der Waals surface area contributed by atoms with Crippen molar-refractivity contribution in [1.82, 2.24) is 4.31 Å². The number of rotatable bonds is 4. The standard InChI is InChI=1S/C14H22N2O2S/c1-3-11-5-6-14(9-12(11)4-2)19(17,18)16-8-7-13(15)10-16/h5-6,9,13H,3-4,7-8,10,15H2,1-2H3/t13-/m1/s1. The molecule has 1 atom stereocenters. The van der Waals surface area contributed by atoms with E-state index < -0.39 is 10.0 Å². The van der Waals surface area contributed by atoms with Gasteiger partial charge in [-0.15, -0.1) is 0 Å². The molecule has 0 unspecified atom stereocenters. The summed E-state index contributed by atoms with van der Waals surface area (Å²) in [4.78, 5) is 0.399. The molecule has 0 aliphatic carbocycles. The first-order valence-corrected chi connectivity index (χ1v) is 8.30. The van der Waals surface area contributed by atoms with Gasteiger partial charge in [0.2, 0.25) is 10.0 Å². The number of nitrogens with two attached hydrogens (primary N) is 1. The summed E-state index contributed by atoms with van der Waals surface area (Å²) in [5, 5.41) is 0. The molecule has 1 aromatic rings. The van der Waals surface area contributed by atoms with Gasteiger partial charge in [0.05, 0.1) is 4.90 Å². The molecule has 2 N–H and O–H groups in total. The lowest BCUT2D eigenvalue weighted by Gasteiger charge is -2.17. The Morgan fingerprint density at radius 3 is 2.47 bits per heavy atom. The van der Waals surface area contributed by atoms with Crippen molar-refractivity contribution in [3.8, 4) is 0 Å². The highest BCUT2D eigenvalue weighted by molar-refractivity contribution is 7.89. The second-order valence-electron chi connectivity index (χ2n) is 5.05. The summed E-state index contributed by atoms with van der Waals surface area (Å²) < 4.78 is 26.5. The second kappa shape index (κ2) is 5.61. The molecule has 4 nitrogen and oxygen atoms in total. The maximum absolute atomic E-state index is 12.5. The molecule has 2 rings (SSSR count). The zero-order chi connectivity index (χ0) is 14.0. The van der Waals surface area contributed by atoms with Crippen LogP contribution in [0.1, 0.15) is 31.4 Å². The Morgan fingerprint density at radius 1 is 1.26 bits per heavy atom. The average molecular weight is 282 g/mol. The number of benzene rings is 1. The van der Waals surface area contributed by atoms with Crippen LogP contribution in [0.15, 0.2) is 23.1 Å². The van der Waals surface area contributed by atoms with Crippen LogP contribution in [0.4, 0.5) is 0 Å². The van der Waals surface area contributed by atoms with E-state index in [0.717, 1.165) is 24.8 Å². The van der Waals surface area contributed by atoms with Crippen molar-refractivity contribution in [2.24, 2.45) is 5.73 Å². The van der Waals surface area contributed by atoms with Gasteiger partial charge in [-0.3, -0.25) is 0 Å². The maximum atomic E-state index is 12.5. The predicted octanol–water partition coefficient (Wildman–Crippen LogP) is 1.53. The third-order valence-electron chi connectivity index (χ3n) is 3.76. The molecular weight excluding hydrogens is 260 g/mol. The van der Waals surface area contributed by atoms with E-state index in [-0.39, 0.29) is 6.04 Å². The largest absolute Gasteiger partial charge is 0.326 e. The summed E-state index contributed by atoms with van der Waals surface area (Å²) in [7, 11) is -3.38. The molecule has 0 saturated carbocycles. The van der Waals surface area contributed by atoms with Gasteiger partial charge in [-0.05, 0) is 42.5 Å². The van der Waals surface area contributed by atoms with Gasteiger partial charge in [0.25, 0.3) is 0 Å². The molecular formula is C14H22N2O2S. The fraction of sp³-hybridized carbons (Fsp3) is 0.571. The molecule has 1 heterocycles. The normalized spacial score (nSPS) is 20.9. The highest BCUT2D eigenvalue weighted by Gasteiger charge is 2.31. The van der Waals surface area contributed by atoms with Crippen LogP contribution in [0, 0.1) is 0 Å². The molecule has 106 valence electrons. The van der Waals surface area contributed by atoms with Gasteiger partial charge in [0, 0.05) is 19.1 Å². The van der Waals surface area contributed by atoms with Crippen LogP contribution in [0.5, 0.6) is 0 Å². The quantitative estimate of drug-likeness (QED) is 0.911. The molecule has 0 spiro atoms. The topological polar surface area (TPSA) is 63.4 Å². The molecule has 0 amide bonds. The van der Waals surface area contributed by atoms with Gasteiger partial charge in [0.1, 0.15) is 0 Å². The van der Waals surface area contributed by atoms with Crippen LogP contribution < -0.4 is 5.73 Å². The first-order valence-electron chi connectivity index (χ1n) is 6.86. The Balaban J connectivity index is 2.35. The van der Waals surface area contributed by atoms with E-state index >= 15 is 0 Å². The van der Waals surface area contributed by atoms with Crippen LogP contribution in [-0.4, -0.2) is 31.9 Å². The van der Waals surface area contributed by atoms with E-state index in [1.165, 1.54) is 9.87 Å². The summed E-state index contributed by atoms with van der Waals surface area (Å²) in [5.41, 5.74) is 8.13. The van der Waals surface area contributed by atoms with Gasteiger partial charge in [-0.1, -0.05) is 19.9 Å². The van der Waals surface area contributed by atoms with E-state index in [2.05, 4.69) is 13.8 Å². The van der Waals surface area contributed by atoms with Crippen molar-refractivity contribution in [3.63, 3.8) is 0 Å². The minimum absolute atomic E-state index is 0.0321. The van der Waals surface area contributed by atoms with Gasteiger partial charge < -0.3 is 5.73 Å². The maximum Gasteiger partial charge on any atom is 0.243 e. The Kier molecular flexibility index (Phi) is 4.28. The van der Waals surface area contributed by atoms with E-state index in [9.17, 15) is 8.42 Å². The Morgan fingerprint density at radius 2 is 1.95 bits per heavy atom. The molecule has 5 heteroatoms. The third-order valence-corrected chi connectivity index (χ3v) is 5.63. The van der Waals surface area contributed by atoms with Gasteiger partial charge in [-0.2, -0.15) is 4.31 Å². The van der Waals surface area contributed by atoms with Crippen LogP contribution in [0.2, 0.25) is 0 Å². The van der Waals surface area contributed by atoms with Crippen molar-refractivity contribution >= 4 is 10.0 Å². The van der Waals surface area contributed by atoms with Crippen LogP contribution in [0.3, 0.4) is 0 Å². The summed E-state index contributed by atoms with van der Waals surface area (Å²) in [6.45, 7) is 5.10. The second-order valence-corrected chi connectivity index (χ2v) is 6.99. The highest BCUT2D eigenvalue weighted by atomic mass is 32.2. The number of hydrogen-bond acceptors (Lipinski definition) is 3. The minimum atomic E-state index is -3.38. The van der Waals surface area contributed by atoms with E-state index in [1.54, 1.807) is 6.07 Å². The Hall–Kier alpha value is -0.910. The first-order chi connectivity index (χ1) is 8.98. The van der Waals surface area contributed by atoms with Crippen LogP contribution in [-0.2, 0) is 22.9 Å². The summed E-state index contributed by atoms with van der Waals surface area (Å²) in [6.07, 6.45) is 2.52. The first kappa shape index (κ1) is 14.5. The molecule has 1 aliphatic rings. The smallest absolute Gasteiger partial charge is 0.243 e. The van der Waals surface area contributed by atoms with Crippen LogP contribution in [0.25, 0.3) is 0 Å². The third kappa shape index (κ3) is 2.83. The van der Waals surface area contributed by atoms with Crippen molar-refractivity contribution in [3.05, 3.63) is 29.3 Å². The molecule has 19 heavy (non-hydrogen) atoms. The fourth-order valence-electron chi connectivity index (χ4n) is 2.56. The van der Waals surface area contributed by atoms with Crippen molar-refractivity contribution in [2.75, 3.05) is 13.1 Å². The van der Waals surface area contributed by atoms with Crippen molar-refractivity contribution in [1.29, 1.82) is 0 Å². The average Bonchev–Trinajstić information content (AvgIpc) is 2.85. The summed E-state index contributed by atoms with van der Waals surface area (Å²) in [6, 6.07) is 5.44.